The second kappa shape index (κ2) is 6.10. The molecule has 22 heavy (non-hydrogen) atoms. The van der Waals surface area contributed by atoms with Crippen LogP contribution < -0.4 is 5.32 Å². The first kappa shape index (κ1) is 15.9. The van der Waals surface area contributed by atoms with Crippen LogP contribution >= 0.6 is 0 Å². The Morgan fingerprint density at radius 2 is 2.00 bits per heavy atom. The van der Waals surface area contributed by atoms with Crippen molar-refractivity contribution in [1.29, 1.82) is 5.26 Å². The predicted molar refractivity (Wildman–Crippen MR) is 84.1 cm³/mol. The highest BCUT2D eigenvalue weighted by atomic mass is 19.1. The molecule has 0 bridgehead atoms. The lowest BCUT2D eigenvalue weighted by molar-refractivity contribution is 0.545. The second-order valence-corrected chi connectivity index (χ2v) is 5.99. The monoisotopic (exact) mass is 298 g/mol. The summed E-state index contributed by atoms with van der Waals surface area (Å²) in [6, 6.07) is 8.71. The molecule has 2 aromatic rings. The molecule has 0 aliphatic carbocycles. The van der Waals surface area contributed by atoms with E-state index in [-0.39, 0.29) is 11.2 Å². The quantitative estimate of drug-likeness (QED) is 0.938. The average molecular weight is 298 g/mol. The minimum Gasteiger partial charge on any atom is -0.367 e. The summed E-state index contributed by atoms with van der Waals surface area (Å²) < 4.78 is 13.4. The minimum atomic E-state index is -0.310. The van der Waals surface area contributed by atoms with E-state index in [1.165, 1.54) is 12.1 Å². The molecule has 2 rings (SSSR count). The molecule has 0 atom stereocenters. The maximum Gasteiger partial charge on any atom is 0.166 e. The first-order chi connectivity index (χ1) is 10.3. The predicted octanol–water partition coefficient (Wildman–Crippen LogP) is 3.49. The van der Waals surface area contributed by atoms with Gasteiger partial charge in [-0.15, -0.1) is 5.10 Å². The standard InChI is InChI=1S/C17H19FN4/c1-11-12(2)21-22-16(15(11)9-19)20-10-17(3,4)13-6-5-7-14(18)8-13/h5-8H,10H2,1-4H3,(H,20,22). The summed E-state index contributed by atoms with van der Waals surface area (Å²) >= 11 is 0. The Balaban J connectivity index is 2.23. The lowest BCUT2D eigenvalue weighted by Crippen LogP contribution is -2.28. The van der Waals surface area contributed by atoms with E-state index in [0.29, 0.717) is 17.9 Å². The van der Waals surface area contributed by atoms with Gasteiger partial charge in [-0.05, 0) is 37.1 Å². The van der Waals surface area contributed by atoms with Crippen LogP contribution in [-0.4, -0.2) is 16.7 Å². The van der Waals surface area contributed by atoms with Crippen molar-refractivity contribution in [2.75, 3.05) is 11.9 Å². The Morgan fingerprint density at radius 1 is 1.27 bits per heavy atom. The summed E-state index contributed by atoms with van der Waals surface area (Å²) in [5, 5.41) is 20.6. The number of aromatic nitrogens is 2. The Hall–Kier alpha value is -2.48. The molecule has 0 unspecified atom stereocenters. The number of anilines is 1. The molecule has 0 radical (unpaired) electrons. The Labute approximate surface area is 130 Å². The molecule has 1 aromatic carbocycles. The van der Waals surface area contributed by atoms with Crippen LogP contribution in [0.25, 0.3) is 0 Å². The molecule has 1 heterocycles. The highest BCUT2D eigenvalue weighted by Gasteiger charge is 2.22. The zero-order chi connectivity index (χ0) is 16.3. The van der Waals surface area contributed by atoms with Gasteiger partial charge in [0, 0.05) is 12.0 Å². The molecule has 4 nitrogen and oxygen atoms in total. The number of aryl methyl sites for hydroxylation is 1. The number of halogens is 1. The van der Waals surface area contributed by atoms with Crippen molar-refractivity contribution in [3.63, 3.8) is 0 Å². The van der Waals surface area contributed by atoms with Gasteiger partial charge in [-0.3, -0.25) is 0 Å². The van der Waals surface area contributed by atoms with Crippen LogP contribution in [0.4, 0.5) is 10.2 Å². The van der Waals surface area contributed by atoms with Crippen molar-refractivity contribution in [2.45, 2.75) is 33.1 Å². The Bertz CT molecular complexity index is 732. The van der Waals surface area contributed by atoms with Crippen molar-refractivity contribution in [3.05, 3.63) is 52.5 Å². The number of rotatable bonds is 4. The number of nitrogens with zero attached hydrogens (tertiary/aromatic N) is 3. The molecule has 1 aromatic heterocycles. The average Bonchev–Trinajstić information content (AvgIpc) is 2.48. The van der Waals surface area contributed by atoms with Gasteiger partial charge in [-0.1, -0.05) is 26.0 Å². The molecule has 0 spiro atoms. The fourth-order valence-corrected chi connectivity index (χ4v) is 2.19. The van der Waals surface area contributed by atoms with E-state index < -0.39 is 0 Å². The molecule has 114 valence electrons. The van der Waals surface area contributed by atoms with Gasteiger partial charge in [0.15, 0.2) is 5.82 Å². The fraction of sp³-hybridized carbons (Fsp3) is 0.353. The largest absolute Gasteiger partial charge is 0.367 e. The normalized spacial score (nSPS) is 11.1. The van der Waals surface area contributed by atoms with Gasteiger partial charge in [-0.2, -0.15) is 10.4 Å². The van der Waals surface area contributed by atoms with Gasteiger partial charge in [0.05, 0.1) is 5.69 Å². The Morgan fingerprint density at radius 3 is 2.64 bits per heavy atom. The highest BCUT2D eigenvalue weighted by Crippen LogP contribution is 2.25. The van der Waals surface area contributed by atoms with E-state index in [0.717, 1.165) is 16.8 Å². The Kier molecular flexibility index (Phi) is 4.41. The molecule has 0 amide bonds. The van der Waals surface area contributed by atoms with Crippen LogP contribution in [0.15, 0.2) is 24.3 Å². The zero-order valence-electron chi connectivity index (χ0n) is 13.2. The molecule has 0 saturated heterocycles. The van der Waals surface area contributed by atoms with Gasteiger partial charge in [0.1, 0.15) is 17.4 Å². The maximum absolute atomic E-state index is 13.4. The van der Waals surface area contributed by atoms with Gasteiger partial charge in [0.2, 0.25) is 0 Å². The van der Waals surface area contributed by atoms with Crippen LogP contribution in [0.1, 0.15) is 36.2 Å². The van der Waals surface area contributed by atoms with Gasteiger partial charge in [0.25, 0.3) is 0 Å². The third kappa shape index (κ3) is 3.22. The summed E-state index contributed by atoms with van der Waals surface area (Å²) in [6.45, 7) is 8.21. The third-order valence-electron chi connectivity index (χ3n) is 3.87. The first-order valence-corrected chi connectivity index (χ1v) is 7.09. The maximum atomic E-state index is 13.4. The van der Waals surface area contributed by atoms with Crippen LogP contribution in [-0.2, 0) is 5.41 Å². The molecular weight excluding hydrogens is 279 g/mol. The number of hydrogen-bond acceptors (Lipinski definition) is 4. The lowest BCUT2D eigenvalue weighted by Gasteiger charge is -2.26. The number of benzene rings is 1. The molecule has 0 fully saturated rings. The third-order valence-corrected chi connectivity index (χ3v) is 3.87. The summed E-state index contributed by atoms with van der Waals surface area (Å²) in [6.07, 6.45) is 0. The van der Waals surface area contributed by atoms with Gasteiger partial charge in [-0.25, -0.2) is 4.39 Å². The summed E-state index contributed by atoms with van der Waals surface area (Å²) in [5.41, 5.74) is 2.64. The number of nitrogens with one attached hydrogen (secondary N) is 1. The lowest BCUT2D eigenvalue weighted by atomic mass is 9.84. The topological polar surface area (TPSA) is 61.6 Å². The minimum absolute atomic E-state index is 0.255. The molecule has 1 N–H and O–H groups in total. The van der Waals surface area contributed by atoms with Crippen LogP contribution in [0.3, 0.4) is 0 Å². The van der Waals surface area contributed by atoms with Gasteiger partial charge >= 0.3 is 0 Å². The summed E-state index contributed by atoms with van der Waals surface area (Å²) in [7, 11) is 0. The zero-order valence-corrected chi connectivity index (χ0v) is 13.2. The molecule has 0 saturated carbocycles. The van der Waals surface area contributed by atoms with Crippen molar-refractivity contribution in [1.82, 2.24) is 10.2 Å². The molecule has 0 aliphatic rings. The van der Waals surface area contributed by atoms with E-state index in [9.17, 15) is 9.65 Å². The SMILES string of the molecule is Cc1nnc(NCC(C)(C)c2cccc(F)c2)c(C#N)c1C. The second-order valence-electron chi connectivity index (χ2n) is 5.99. The van der Waals surface area contributed by atoms with Crippen molar-refractivity contribution < 1.29 is 4.39 Å². The van der Waals surface area contributed by atoms with E-state index in [1.807, 2.05) is 33.8 Å². The van der Waals surface area contributed by atoms with Crippen molar-refractivity contribution in [2.24, 2.45) is 0 Å². The first-order valence-electron chi connectivity index (χ1n) is 7.09. The molecule has 5 heteroatoms. The fourth-order valence-electron chi connectivity index (χ4n) is 2.19. The van der Waals surface area contributed by atoms with E-state index >= 15 is 0 Å². The summed E-state index contributed by atoms with van der Waals surface area (Å²) in [4.78, 5) is 0. The van der Waals surface area contributed by atoms with Crippen molar-refractivity contribution >= 4 is 5.82 Å². The highest BCUT2D eigenvalue weighted by molar-refractivity contribution is 5.56. The van der Waals surface area contributed by atoms with E-state index in [2.05, 4.69) is 21.6 Å². The number of nitriles is 1. The molecule has 0 aliphatic heterocycles. The van der Waals surface area contributed by atoms with E-state index in [4.69, 9.17) is 0 Å². The van der Waals surface area contributed by atoms with Crippen LogP contribution in [0, 0.1) is 31.0 Å². The van der Waals surface area contributed by atoms with Crippen LogP contribution in [0.2, 0.25) is 0 Å². The van der Waals surface area contributed by atoms with Gasteiger partial charge < -0.3 is 5.32 Å². The molecular formula is C17H19FN4. The van der Waals surface area contributed by atoms with E-state index in [1.54, 1.807) is 6.07 Å². The van der Waals surface area contributed by atoms with Crippen LogP contribution in [0.5, 0.6) is 0 Å². The number of hydrogen-bond donors (Lipinski definition) is 1. The van der Waals surface area contributed by atoms with Crippen molar-refractivity contribution in [3.8, 4) is 6.07 Å². The summed E-state index contributed by atoms with van der Waals surface area (Å²) in [5.74, 6) is 0.212. The smallest absolute Gasteiger partial charge is 0.166 e.